The first kappa shape index (κ1) is 25.9. The summed E-state index contributed by atoms with van der Waals surface area (Å²) in [5, 5.41) is 25.7. The maximum absolute atomic E-state index is 13.1. The number of carbonyl (C=O) groups is 3. The topological polar surface area (TPSA) is 128 Å². The number of urea groups is 1. The Kier molecular flexibility index (Phi) is 7.86. The maximum Gasteiger partial charge on any atom is 0.335 e. The molecule has 0 saturated carbocycles. The molecule has 2 amide bonds. The van der Waals surface area contributed by atoms with E-state index in [9.17, 15) is 19.5 Å². The minimum absolute atomic E-state index is 0.00643. The van der Waals surface area contributed by atoms with E-state index in [4.69, 9.17) is 9.84 Å². The van der Waals surface area contributed by atoms with Gasteiger partial charge in [-0.2, -0.15) is 0 Å². The smallest absolute Gasteiger partial charge is 0.335 e. The van der Waals surface area contributed by atoms with Crippen LogP contribution in [0.3, 0.4) is 0 Å². The number of ketones is 1. The molecule has 4 rings (SSSR count). The summed E-state index contributed by atoms with van der Waals surface area (Å²) in [6, 6.07) is 19.9. The lowest BCUT2D eigenvalue weighted by Gasteiger charge is -2.32. The van der Waals surface area contributed by atoms with E-state index in [-0.39, 0.29) is 30.5 Å². The number of aliphatic hydroxyl groups is 1. The van der Waals surface area contributed by atoms with Crippen molar-refractivity contribution in [2.45, 2.75) is 31.9 Å². The fraction of sp³-hybridized carbons (Fsp3) is 0.250. The molecule has 1 heterocycles. The number of nitrogens with zero attached hydrogens (tertiary/aromatic N) is 1. The number of Topliss-reactive ketones (excluding diaryl/α,β-unsaturated/α-hetero) is 1. The highest BCUT2D eigenvalue weighted by Gasteiger charge is 2.45. The van der Waals surface area contributed by atoms with Crippen molar-refractivity contribution in [1.82, 2.24) is 4.90 Å². The summed E-state index contributed by atoms with van der Waals surface area (Å²) in [5.74, 6) is -0.922. The number of anilines is 2. The maximum atomic E-state index is 13.1. The highest BCUT2D eigenvalue weighted by atomic mass is 16.5. The highest BCUT2D eigenvalue weighted by Crippen LogP contribution is 2.29. The summed E-state index contributed by atoms with van der Waals surface area (Å²) in [7, 11) is 0. The first-order chi connectivity index (χ1) is 17.7. The van der Waals surface area contributed by atoms with Gasteiger partial charge >= 0.3 is 12.0 Å². The predicted octanol–water partition coefficient (Wildman–Crippen LogP) is 4.27. The van der Waals surface area contributed by atoms with Gasteiger partial charge in [0, 0.05) is 24.3 Å². The number of likely N-dealkylation sites (tertiary alicyclic amines) is 1. The van der Waals surface area contributed by atoms with E-state index in [1.807, 2.05) is 31.2 Å². The summed E-state index contributed by atoms with van der Waals surface area (Å²) in [5.41, 5.74) is 1.45. The molecule has 192 valence electrons. The second kappa shape index (κ2) is 11.2. The van der Waals surface area contributed by atoms with Crippen molar-refractivity contribution in [2.75, 3.05) is 23.9 Å². The molecule has 1 fully saturated rings. The van der Waals surface area contributed by atoms with Crippen LogP contribution in [0.5, 0.6) is 5.75 Å². The molecule has 0 radical (unpaired) electrons. The van der Waals surface area contributed by atoms with Crippen LogP contribution < -0.4 is 15.4 Å². The van der Waals surface area contributed by atoms with Gasteiger partial charge in [-0.3, -0.25) is 4.79 Å². The molecule has 3 aromatic carbocycles. The molecular formula is C28H29N3O6. The summed E-state index contributed by atoms with van der Waals surface area (Å²) in [4.78, 5) is 38.0. The van der Waals surface area contributed by atoms with E-state index in [0.29, 0.717) is 36.4 Å². The van der Waals surface area contributed by atoms with E-state index >= 15 is 0 Å². The lowest BCUT2D eigenvalue weighted by atomic mass is 9.98. The minimum atomic E-state index is -1.65. The predicted molar refractivity (Wildman–Crippen MR) is 139 cm³/mol. The Hall–Kier alpha value is -4.21. The van der Waals surface area contributed by atoms with Crippen LogP contribution in [0.4, 0.5) is 16.2 Å². The number of para-hydroxylation sites is 1. The summed E-state index contributed by atoms with van der Waals surface area (Å²) >= 11 is 0. The van der Waals surface area contributed by atoms with E-state index in [1.54, 1.807) is 29.2 Å². The van der Waals surface area contributed by atoms with E-state index < -0.39 is 11.7 Å². The number of ether oxygens (including phenoxy) is 1. The Labute approximate surface area is 214 Å². The Morgan fingerprint density at radius 2 is 1.68 bits per heavy atom. The third-order valence-corrected chi connectivity index (χ3v) is 6.38. The van der Waals surface area contributed by atoms with Gasteiger partial charge in [0.1, 0.15) is 12.5 Å². The number of benzene rings is 3. The standard InChI is InChI=1S/C28H29N3O6/c1-19-5-2-3-6-24(19)30-27(35)29-22-11-7-20(8-12-22)17-25(32)28(36)15-4-16-31(28)18-37-23-13-9-21(10-14-23)26(33)34/h2-3,5-14,36H,4,15-18H2,1H3,(H,33,34)(H2,29,30,35). The zero-order valence-corrected chi connectivity index (χ0v) is 20.4. The van der Waals surface area contributed by atoms with Gasteiger partial charge in [-0.05, 0) is 73.4 Å². The van der Waals surface area contributed by atoms with Gasteiger partial charge in [-0.1, -0.05) is 30.3 Å². The molecule has 4 N–H and O–H groups in total. The zero-order valence-electron chi connectivity index (χ0n) is 20.4. The summed E-state index contributed by atoms with van der Waals surface area (Å²) < 4.78 is 5.70. The van der Waals surface area contributed by atoms with E-state index in [1.165, 1.54) is 24.3 Å². The van der Waals surface area contributed by atoms with Gasteiger partial charge in [0.15, 0.2) is 11.5 Å². The van der Waals surface area contributed by atoms with Crippen LogP contribution in [0, 0.1) is 6.92 Å². The SMILES string of the molecule is Cc1ccccc1NC(=O)Nc1ccc(CC(=O)C2(O)CCCN2COc2ccc(C(=O)O)cc2)cc1. The molecule has 1 aliphatic heterocycles. The van der Waals surface area contributed by atoms with Crippen LogP contribution in [-0.2, 0) is 11.2 Å². The third-order valence-electron chi connectivity index (χ3n) is 6.38. The quantitative estimate of drug-likeness (QED) is 0.343. The number of hydrogen-bond acceptors (Lipinski definition) is 6. The van der Waals surface area contributed by atoms with Crippen LogP contribution in [-0.4, -0.2) is 51.9 Å². The van der Waals surface area contributed by atoms with Gasteiger partial charge in [0.05, 0.1) is 5.56 Å². The highest BCUT2D eigenvalue weighted by molar-refractivity contribution is 6.00. The van der Waals surface area contributed by atoms with Gasteiger partial charge in [0.25, 0.3) is 0 Å². The molecule has 0 spiro atoms. The molecule has 3 aromatic rings. The van der Waals surface area contributed by atoms with Gasteiger partial charge in [-0.15, -0.1) is 0 Å². The van der Waals surface area contributed by atoms with Gasteiger partial charge in [-0.25, -0.2) is 14.5 Å². The molecule has 0 bridgehead atoms. The van der Waals surface area contributed by atoms with Crippen molar-refractivity contribution in [3.63, 3.8) is 0 Å². The molecule has 1 atom stereocenters. The number of amides is 2. The lowest BCUT2D eigenvalue weighted by molar-refractivity contribution is -0.159. The van der Waals surface area contributed by atoms with Crippen molar-refractivity contribution in [3.05, 3.63) is 89.5 Å². The number of carboxylic acids is 1. The molecule has 1 saturated heterocycles. The number of carboxylic acid groups (broad SMARTS) is 1. The second-order valence-corrected chi connectivity index (χ2v) is 8.98. The Morgan fingerprint density at radius 1 is 0.973 bits per heavy atom. The van der Waals surface area contributed by atoms with Crippen LogP contribution in [0.2, 0.25) is 0 Å². The molecule has 9 heteroatoms. The van der Waals surface area contributed by atoms with E-state index in [2.05, 4.69) is 10.6 Å². The van der Waals surface area contributed by atoms with Crippen LogP contribution in [0.1, 0.15) is 34.3 Å². The first-order valence-electron chi connectivity index (χ1n) is 11.9. The molecule has 9 nitrogen and oxygen atoms in total. The normalized spacial score (nSPS) is 17.2. The second-order valence-electron chi connectivity index (χ2n) is 8.98. The average Bonchev–Trinajstić information content (AvgIpc) is 3.27. The Bertz CT molecular complexity index is 1280. The van der Waals surface area contributed by atoms with Crippen molar-refractivity contribution in [1.29, 1.82) is 0 Å². The monoisotopic (exact) mass is 503 g/mol. The Balaban J connectivity index is 1.32. The fourth-order valence-electron chi connectivity index (χ4n) is 4.22. The number of aromatic carboxylic acids is 1. The minimum Gasteiger partial charge on any atom is -0.478 e. The third kappa shape index (κ3) is 6.32. The van der Waals surface area contributed by atoms with Crippen LogP contribution in [0.15, 0.2) is 72.8 Å². The van der Waals surface area contributed by atoms with Gasteiger partial charge < -0.3 is 25.6 Å². The lowest BCUT2D eigenvalue weighted by Crippen LogP contribution is -2.52. The number of nitrogens with one attached hydrogen (secondary N) is 2. The molecule has 1 aliphatic rings. The largest absolute Gasteiger partial charge is 0.478 e. The van der Waals surface area contributed by atoms with Crippen molar-refractivity contribution < 1.29 is 29.3 Å². The van der Waals surface area contributed by atoms with Crippen LogP contribution in [0.25, 0.3) is 0 Å². The number of carbonyl (C=O) groups excluding carboxylic acids is 2. The summed E-state index contributed by atoms with van der Waals surface area (Å²) in [6.07, 6.45) is 0.963. The van der Waals surface area contributed by atoms with Crippen molar-refractivity contribution >= 4 is 29.2 Å². The zero-order chi connectivity index (χ0) is 26.4. The van der Waals surface area contributed by atoms with Crippen molar-refractivity contribution in [3.8, 4) is 5.75 Å². The molecule has 37 heavy (non-hydrogen) atoms. The summed E-state index contributed by atoms with van der Waals surface area (Å²) in [6.45, 7) is 2.40. The van der Waals surface area contributed by atoms with Crippen LogP contribution >= 0.6 is 0 Å². The van der Waals surface area contributed by atoms with Gasteiger partial charge in [0.2, 0.25) is 0 Å². The van der Waals surface area contributed by atoms with Crippen molar-refractivity contribution in [2.24, 2.45) is 0 Å². The molecular weight excluding hydrogens is 474 g/mol. The number of hydrogen-bond donors (Lipinski definition) is 4. The molecule has 0 aromatic heterocycles. The fourth-order valence-corrected chi connectivity index (χ4v) is 4.22. The number of aryl methyl sites for hydroxylation is 1. The number of rotatable bonds is 9. The first-order valence-corrected chi connectivity index (χ1v) is 11.9. The van der Waals surface area contributed by atoms with E-state index in [0.717, 1.165) is 11.3 Å². The Morgan fingerprint density at radius 3 is 2.35 bits per heavy atom. The molecule has 0 aliphatic carbocycles. The molecule has 1 unspecified atom stereocenters. The average molecular weight is 504 g/mol.